The molecule has 3 atom stereocenters. The number of hydrogen-bond donors (Lipinski definition) is 0. The Morgan fingerprint density at radius 2 is 1.56 bits per heavy atom. The number of carbonyl (C=O) groups is 2. The van der Waals surface area contributed by atoms with Crippen LogP contribution in [0.15, 0.2) is 36.4 Å². The first-order chi connectivity index (χ1) is 16.3. The van der Waals surface area contributed by atoms with Gasteiger partial charge >= 0.3 is 11.9 Å². The molecule has 0 unspecified atom stereocenters. The first kappa shape index (κ1) is 29.9. The van der Waals surface area contributed by atoms with Gasteiger partial charge in [-0.15, -0.1) is 0 Å². The van der Waals surface area contributed by atoms with E-state index in [-0.39, 0.29) is 23.5 Å². The molecule has 0 heterocycles. The molecule has 0 aliphatic carbocycles. The molecule has 0 fully saturated rings. The fourth-order valence-corrected chi connectivity index (χ4v) is 3.16. The zero-order chi connectivity index (χ0) is 25.3. The zero-order valence-electron chi connectivity index (χ0n) is 20.7. The van der Waals surface area contributed by atoms with Gasteiger partial charge in [-0.3, -0.25) is 4.79 Å². The molecule has 34 heavy (non-hydrogen) atoms. The molecule has 0 saturated carbocycles. The van der Waals surface area contributed by atoms with E-state index in [2.05, 4.69) is 15.9 Å². The Morgan fingerprint density at radius 3 is 2.12 bits per heavy atom. The topological polar surface area (TPSA) is 89.5 Å². The molecule has 0 aliphatic rings. The zero-order valence-corrected chi connectivity index (χ0v) is 22.2. The van der Waals surface area contributed by atoms with E-state index < -0.39 is 18.4 Å². The number of carbonyl (C=O) groups excluding carboxylic acids is 2. The molecule has 0 bridgehead atoms. The molecule has 1 aromatic rings. The van der Waals surface area contributed by atoms with E-state index in [4.69, 9.17) is 28.4 Å². The van der Waals surface area contributed by atoms with Gasteiger partial charge in [-0.2, -0.15) is 0 Å². The second-order valence-electron chi connectivity index (χ2n) is 7.51. The van der Waals surface area contributed by atoms with Gasteiger partial charge < -0.3 is 28.4 Å². The van der Waals surface area contributed by atoms with Gasteiger partial charge in [0.05, 0.1) is 13.2 Å². The molecule has 8 nitrogen and oxygen atoms in total. The van der Waals surface area contributed by atoms with Gasteiger partial charge in [0.25, 0.3) is 0 Å². The Bertz CT molecular complexity index is 731. The molecule has 0 N–H and O–H groups in total. The Hall–Kier alpha value is -2.10. The van der Waals surface area contributed by atoms with Crippen LogP contribution in [0.5, 0.6) is 11.5 Å². The van der Waals surface area contributed by atoms with Crippen LogP contribution in [0.2, 0.25) is 0 Å². The van der Waals surface area contributed by atoms with Gasteiger partial charge in [0.2, 0.25) is 0 Å². The van der Waals surface area contributed by atoms with Gasteiger partial charge in [0.1, 0.15) is 29.0 Å². The van der Waals surface area contributed by atoms with Gasteiger partial charge in [-0.25, -0.2) is 4.79 Å². The largest absolute Gasteiger partial charge is 0.497 e. The molecule has 0 saturated heterocycles. The lowest BCUT2D eigenvalue weighted by molar-refractivity contribution is -0.185. The summed E-state index contributed by atoms with van der Waals surface area (Å²) in [7, 11) is 1.61. The Kier molecular flexibility index (Phi) is 15.3. The first-order valence-electron chi connectivity index (χ1n) is 11.5. The molecule has 9 heteroatoms. The smallest absolute Gasteiger partial charge is 0.330 e. The van der Waals surface area contributed by atoms with Crippen molar-refractivity contribution in [1.82, 2.24) is 0 Å². The normalized spacial score (nSPS) is 14.0. The Morgan fingerprint density at radius 1 is 0.941 bits per heavy atom. The van der Waals surface area contributed by atoms with Gasteiger partial charge in [0.15, 0.2) is 6.29 Å². The molecule has 0 aromatic heterocycles. The van der Waals surface area contributed by atoms with Crippen molar-refractivity contribution in [3.8, 4) is 11.5 Å². The van der Waals surface area contributed by atoms with E-state index in [1.54, 1.807) is 20.1 Å². The van der Waals surface area contributed by atoms with E-state index in [9.17, 15) is 9.59 Å². The van der Waals surface area contributed by atoms with Crippen LogP contribution >= 0.6 is 15.9 Å². The maximum absolute atomic E-state index is 12.1. The highest BCUT2D eigenvalue weighted by Crippen LogP contribution is 2.22. The SMILES string of the molecule is CCOC(OCC)[C@@H](CC[C@H](C)OC(=O)/C=C/C[C@@H](C)OC(=O)CBr)Oc1ccc(OC)cc1. The minimum atomic E-state index is -0.552. The Balaban J connectivity index is 2.64. The molecule has 0 aliphatic heterocycles. The van der Waals surface area contributed by atoms with E-state index in [0.717, 1.165) is 5.75 Å². The number of methoxy groups -OCH3 is 1. The summed E-state index contributed by atoms with van der Waals surface area (Å²) in [4.78, 5) is 23.4. The monoisotopic (exact) mass is 544 g/mol. The van der Waals surface area contributed by atoms with Crippen molar-refractivity contribution in [3.05, 3.63) is 36.4 Å². The van der Waals surface area contributed by atoms with E-state index in [0.29, 0.717) is 38.2 Å². The summed E-state index contributed by atoms with van der Waals surface area (Å²) in [5.41, 5.74) is 0. The predicted octanol–water partition coefficient (Wildman–Crippen LogP) is 4.83. The third-order valence-corrected chi connectivity index (χ3v) is 5.11. The average molecular weight is 545 g/mol. The number of esters is 2. The molecule has 1 aromatic carbocycles. The summed E-state index contributed by atoms with van der Waals surface area (Å²) in [6.07, 6.45) is 2.90. The van der Waals surface area contributed by atoms with Crippen LogP contribution in [0.3, 0.4) is 0 Å². The number of ether oxygens (including phenoxy) is 6. The standard InChI is InChI=1S/C25H37BrO8/c1-6-30-25(31-7-2)22(34-21-14-12-20(29-5)13-15-21)16-11-19(4)32-23(27)10-8-9-18(3)33-24(28)17-26/h8,10,12-15,18-19,22,25H,6-7,9,11,16-17H2,1-5H3/b10-8+/t18-,19+,22-/m1/s1. The van der Waals surface area contributed by atoms with Crippen molar-refractivity contribution in [2.75, 3.05) is 25.7 Å². The average Bonchev–Trinajstić information content (AvgIpc) is 2.81. The molecular formula is C25H37BrO8. The van der Waals surface area contributed by atoms with Crippen LogP contribution in [0.1, 0.15) is 47.0 Å². The third kappa shape index (κ3) is 12.4. The van der Waals surface area contributed by atoms with Crippen molar-refractivity contribution in [2.24, 2.45) is 0 Å². The van der Waals surface area contributed by atoms with Crippen LogP contribution in [0.25, 0.3) is 0 Å². The highest BCUT2D eigenvalue weighted by atomic mass is 79.9. The lowest BCUT2D eigenvalue weighted by Crippen LogP contribution is -2.37. The summed E-state index contributed by atoms with van der Waals surface area (Å²) < 4.78 is 33.5. The molecular weight excluding hydrogens is 508 g/mol. The highest BCUT2D eigenvalue weighted by molar-refractivity contribution is 9.09. The van der Waals surface area contributed by atoms with Crippen molar-refractivity contribution in [2.45, 2.75) is 71.6 Å². The second-order valence-corrected chi connectivity index (χ2v) is 8.07. The molecule has 0 amide bonds. The van der Waals surface area contributed by atoms with Gasteiger partial charge in [0, 0.05) is 25.7 Å². The van der Waals surface area contributed by atoms with Crippen LogP contribution in [-0.2, 0) is 28.5 Å². The van der Waals surface area contributed by atoms with Crippen molar-refractivity contribution >= 4 is 27.9 Å². The lowest BCUT2D eigenvalue weighted by atomic mass is 10.1. The second kappa shape index (κ2) is 17.4. The number of benzene rings is 1. The maximum Gasteiger partial charge on any atom is 0.330 e. The summed E-state index contributed by atoms with van der Waals surface area (Å²) in [6, 6.07) is 7.29. The highest BCUT2D eigenvalue weighted by Gasteiger charge is 2.26. The molecule has 192 valence electrons. The fraction of sp³-hybridized carbons (Fsp3) is 0.600. The predicted molar refractivity (Wildman–Crippen MR) is 132 cm³/mol. The fourth-order valence-electron chi connectivity index (χ4n) is 3.03. The number of rotatable bonds is 17. The molecule has 0 radical (unpaired) electrons. The maximum atomic E-state index is 12.1. The number of alkyl halides is 1. The number of hydrogen-bond acceptors (Lipinski definition) is 8. The van der Waals surface area contributed by atoms with Crippen LogP contribution < -0.4 is 9.47 Å². The lowest BCUT2D eigenvalue weighted by Gasteiger charge is -2.28. The molecule has 1 rings (SSSR count). The first-order valence-corrected chi connectivity index (χ1v) is 12.6. The van der Waals surface area contributed by atoms with Gasteiger partial charge in [-0.1, -0.05) is 22.0 Å². The van der Waals surface area contributed by atoms with Crippen LogP contribution in [0.4, 0.5) is 0 Å². The van der Waals surface area contributed by atoms with Crippen molar-refractivity contribution in [1.29, 1.82) is 0 Å². The van der Waals surface area contributed by atoms with Crippen LogP contribution in [-0.4, -0.2) is 62.2 Å². The third-order valence-electron chi connectivity index (χ3n) is 4.65. The summed E-state index contributed by atoms with van der Waals surface area (Å²) in [5, 5.41) is 0.136. The minimum Gasteiger partial charge on any atom is -0.497 e. The Labute approximate surface area is 211 Å². The van der Waals surface area contributed by atoms with Gasteiger partial charge in [-0.05, 0) is 64.8 Å². The molecule has 0 spiro atoms. The minimum absolute atomic E-state index is 0.136. The quantitative estimate of drug-likeness (QED) is 0.119. The van der Waals surface area contributed by atoms with Crippen molar-refractivity contribution in [3.63, 3.8) is 0 Å². The summed E-state index contributed by atoms with van der Waals surface area (Å²) in [5.74, 6) is 0.600. The van der Waals surface area contributed by atoms with E-state index in [1.807, 2.05) is 45.0 Å². The summed E-state index contributed by atoms with van der Waals surface area (Å²) in [6.45, 7) is 8.34. The van der Waals surface area contributed by atoms with Crippen molar-refractivity contribution < 1.29 is 38.0 Å². The number of halogens is 1. The van der Waals surface area contributed by atoms with Crippen LogP contribution in [0, 0.1) is 0 Å². The van der Waals surface area contributed by atoms with E-state index >= 15 is 0 Å². The summed E-state index contributed by atoms with van der Waals surface area (Å²) >= 11 is 3.04. The van der Waals surface area contributed by atoms with E-state index in [1.165, 1.54) is 6.08 Å².